The number of piperidine rings is 1. The molecule has 3 nitrogen and oxygen atoms in total. The van der Waals surface area contributed by atoms with Gasteiger partial charge in [-0.25, -0.2) is 0 Å². The smallest absolute Gasteiger partial charge is 0.225 e. The van der Waals surface area contributed by atoms with Gasteiger partial charge in [0.1, 0.15) is 0 Å². The maximum atomic E-state index is 12.5. The molecule has 0 aromatic heterocycles. The summed E-state index contributed by atoms with van der Waals surface area (Å²) in [6.45, 7) is 5.35. The molecule has 1 aliphatic carbocycles. The highest BCUT2D eigenvalue weighted by molar-refractivity contribution is 5.79. The van der Waals surface area contributed by atoms with Crippen LogP contribution in [0.2, 0.25) is 0 Å². The highest BCUT2D eigenvalue weighted by Crippen LogP contribution is 2.32. The maximum absolute atomic E-state index is 12.5. The first-order chi connectivity index (χ1) is 9.24. The Balaban J connectivity index is 1.75. The first-order valence-corrected chi connectivity index (χ1v) is 8.18. The van der Waals surface area contributed by atoms with Crippen LogP contribution >= 0.6 is 0 Å². The predicted octanol–water partition coefficient (Wildman–Crippen LogP) is 2.66. The zero-order chi connectivity index (χ0) is 13.7. The number of amides is 1. The van der Waals surface area contributed by atoms with E-state index in [9.17, 15) is 4.79 Å². The molecule has 110 valence electrons. The van der Waals surface area contributed by atoms with E-state index in [2.05, 4.69) is 17.1 Å². The van der Waals surface area contributed by atoms with E-state index in [4.69, 9.17) is 0 Å². The van der Waals surface area contributed by atoms with Gasteiger partial charge in [0.2, 0.25) is 5.91 Å². The van der Waals surface area contributed by atoms with Crippen LogP contribution in [0.5, 0.6) is 0 Å². The van der Waals surface area contributed by atoms with Gasteiger partial charge in [0.25, 0.3) is 0 Å². The highest BCUT2D eigenvalue weighted by atomic mass is 16.2. The number of likely N-dealkylation sites (tertiary alicyclic amines) is 1. The van der Waals surface area contributed by atoms with Crippen LogP contribution < -0.4 is 5.32 Å². The number of hydrogen-bond acceptors (Lipinski definition) is 2. The summed E-state index contributed by atoms with van der Waals surface area (Å²) in [7, 11) is 2.02. The number of hydrogen-bond donors (Lipinski definition) is 1. The first kappa shape index (κ1) is 14.8. The van der Waals surface area contributed by atoms with Crippen molar-refractivity contribution in [3.05, 3.63) is 0 Å². The third-order valence-electron chi connectivity index (χ3n) is 5.19. The molecule has 1 saturated heterocycles. The van der Waals surface area contributed by atoms with E-state index in [1.807, 2.05) is 7.05 Å². The largest absolute Gasteiger partial charge is 0.342 e. The third-order valence-corrected chi connectivity index (χ3v) is 5.19. The van der Waals surface area contributed by atoms with Crippen molar-refractivity contribution < 1.29 is 4.79 Å². The van der Waals surface area contributed by atoms with Gasteiger partial charge in [-0.3, -0.25) is 4.79 Å². The average Bonchev–Trinajstić information content (AvgIpc) is 2.48. The van der Waals surface area contributed by atoms with Gasteiger partial charge < -0.3 is 10.2 Å². The summed E-state index contributed by atoms with van der Waals surface area (Å²) in [5.74, 6) is 2.44. The molecule has 1 aliphatic heterocycles. The van der Waals surface area contributed by atoms with Crippen LogP contribution in [0.1, 0.15) is 51.9 Å². The van der Waals surface area contributed by atoms with Gasteiger partial charge in [0.15, 0.2) is 0 Å². The van der Waals surface area contributed by atoms with Gasteiger partial charge >= 0.3 is 0 Å². The van der Waals surface area contributed by atoms with Crippen LogP contribution in [0.25, 0.3) is 0 Å². The fourth-order valence-corrected chi connectivity index (χ4v) is 3.72. The minimum Gasteiger partial charge on any atom is -0.342 e. The summed E-state index contributed by atoms with van der Waals surface area (Å²) in [6.07, 6.45) is 8.44. The maximum Gasteiger partial charge on any atom is 0.225 e. The van der Waals surface area contributed by atoms with Gasteiger partial charge in [-0.05, 0) is 64.0 Å². The second kappa shape index (κ2) is 7.28. The Bertz CT molecular complexity index is 276. The van der Waals surface area contributed by atoms with E-state index in [-0.39, 0.29) is 0 Å². The van der Waals surface area contributed by atoms with Crippen molar-refractivity contribution in [2.24, 2.45) is 17.8 Å². The van der Waals surface area contributed by atoms with E-state index in [1.54, 1.807) is 0 Å². The Hall–Kier alpha value is -0.570. The molecule has 3 heteroatoms. The van der Waals surface area contributed by atoms with Crippen molar-refractivity contribution in [1.82, 2.24) is 10.2 Å². The standard InChI is InChI=1S/C16H30N2O/c1-3-13-4-6-15(7-5-13)16(19)18-10-8-14(9-11-18)12-17-2/h13-15,17H,3-12H2,1-2H3. The molecule has 1 saturated carbocycles. The molecule has 0 radical (unpaired) electrons. The van der Waals surface area contributed by atoms with Gasteiger partial charge in [-0.15, -0.1) is 0 Å². The van der Waals surface area contributed by atoms with Gasteiger partial charge in [0, 0.05) is 19.0 Å². The van der Waals surface area contributed by atoms with E-state index in [0.29, 0.717) is 11.8 Å². The lowest BCUT2D eigenvalue weighted by molar-refractivity contribution is -0.138. The van der Waals surface area contributed by atoms with Crippen LogP contribution in [-0.2, 0) is 4.79 Å². The Labute approximate surface area is 118 Å². The third kappa shape index (κ3) is 3.95. The number of nitrogens with one attached hydrogen (secondary N) is 1. The van der Waals surface area contributed by atoms with Gasteiger partial charge in [-0.1, -0.05) is 13.3 Å². The van der Waals surface area contributed by atoms with Crippen LogP contribution in [0.15, 0.2) is 0 Å². The molecule has 2 rings (SSSR count). The summed E-state index contributed by atoms with van der Waals surface area (Å²) in [5.41, 5.74) is 0. The van der Waals surface area contributed by atoms with Crippen LogP contribution in [0, 0.1) is 17.8 Å². The number of carbonyl (C=O) groups is 1. The molecule has 19 heavy (non-hydrogen) atoms. The van der Waals surface area contributed by atoms with Crippen LogP contribution in [0.3, 0.4) is 0 Å². The summed E-state index contributed by atoms with van der Waals surface area (Å²) in [4.78, 5) is 14.7. The van der Waals surface area contributed by atoms with Crippen LogP contribution in [-0.4, -0.2) is 37.5 Å². The molecule has 1 amide bonds. The topological polar surface area (TPSA) is 32.3 Å². The Morgan fingerprint density at radius 1 is 1.05 bits per heavy atom. The lowest BCUT2D eigenvalue weighted by Crippen LogP contribution is -2.43. The van der Waals surface area contributed by atoms with Crippen molar-refractivity contribution in [3.8, 4) is 0 Å². The number of carbonyl (C=O) groups excluding carboxylic acids is 1. The molecule has 0 bridgehead atoms. The van der Waals surface area contributed by atoms with Crippen molar-refractivity contribution in [3.63, 3.8) is 0 Å². The number of nitrogens with zero attached hydrogens (tertiary/aromatic N) is 1. The minimum atomic E-state index is 0.337. The summed E-state index contributed by atoms with van der Waals surface area (Å²) in [5, 5.41) is 3.25. The molecule has 1 N–H and O–H groups in total. The molecule has 0 aromatic rings. The Morgan fingerprint density at radius 2 is 1.68 bits per heavy atom. The second-order valence-electron chi connectivity index (χ2n) is 6.45. The molecule has 2 aliphatic rings. The first-order valence-electron chi connectivity index (χ1n) is 8.18. The van der Waals surface area contributed by atoms with E-state index in [0.717, 1.165) is 44.3 Å². The zero-order valence-corrected chi connectivity index (χ0v) is 12.7. The zero-order valence-electron chi connectivity index (χ0n) is 12.7. The summed E-state index contributed by atoms with van der Waals surface area (Å²) in [6, 6.07) is 0. The molecule has 0 atom stereocenters. The lowest BCUT2D eigenvalue weighted by atomic mass is 9.80. The SMILES string of the molecule is CCC1CCC(C(=O)N2CCC(CNC)CC2)CC1. The summed E-state index contributed by atoms with van der Waals surface area (Å²) < 4.78 is 0. The fraction of sp³-hybridized carbons (Fsp3) is 0.938. The molecule has 0 aromatic carbocycles. The van der Waals surface area contributed by atoms with Gasteiger partial charge in [0.05, 0.1) is 0 Å². The second-order valence-corrected chi connectivity index (χ2v) is 6.45. The fourth-order valence-electron chi connectivity index (χ4n) is 3.72. The van der Waals surface area contributed by atoms with E-state index in [1.165, 1.54) is 32.1 Å². The van der Waals surface area contributed by atoms with Crippen molar-refractivity contribution >= 4 is 5.91 Å². The van der Waals surface area contributed by atoms with Crippen molar-refractivity contribution in [2.75, 3.05) is 26.7 Å². The van der Waals surface area contributed by atoms with E-state index >= 15 is 0 Å². The molecular weight excluding hydrogens is 236 g/mol. The molecule has 1 heterocycles. The lowest BCUT2D eigenvalue weighted by Gasteiger charge is -2.36. The Morgan fingerprint density at radius 3 is 2.21 bits per heavy atom. The molecule has 2 fully saturated rings. The highest BCUT2D eigenvalue weighted by Gasteiger charge is 2.30. The van der Waals surface area contributed by atoms with Crippen molar-refractivity contribution in [1.29, 1.82) is 0 Å². The monoisotopic (exact) mass is 266 g/mol. The average molecular weight is 266 g/mol. The normalized spacial score (nSPS) is 29.5. The number of rotatable bonds is 4. The minimum absolute atomic E-state index is 0.337. The van der Waals surface area contributed by atoms with Crippen molar-refractivity contribution in [2.45, 2.75) is 51.9 Å². The van der Waals surface area contributed by atoms with E-state index < -0.39 is 0 Å². The predicted molar refractivity (Wildman–Crippen MR) is 79.0 cm³/mol. The van der Waals surface area contributed by atoms with Gasteiger partial charge in [-0.2, -0.15) is 0 Å². The molecule has 0 spiro atoms. The molecule has 0 unspecified atom stereocenters. The quantitative estimate of drug-likeness (QED) is 0.848. The molecular formula is C16H30N2O. The van der Waals surface area contributed by atoms with Crippen LogP contribution in [0.4, 0.5) is 0 Å². The Kier molecular flexibility index (Phi) is 5.68. The summed E-state index contributed by atoms with van der Waals surface area (Å²) >= 11 is 0.